The summed E-state index contributed by atoms with van der Waals surface area (Å²) < 4.78 is 49.2. The minimum atomic E-state index is -0.722. The lowest BCUT2D eigenvalue weighted by Gasteiger charge is -2.15. The fraction of sp³-hybridized carbons (Fsp3) is 0.200. The third-order valence-electron chi connectivity index (χ3n) is 5.48. The summed E-state index contributed by atoms with van der Waals surface area (Å²) in [5, 5.41) is 9.78. The lowest BCUT2D eigenvalue weighted by Crippen LogP contribution is -2.14. The van der Waals surface area contributed by atoms with Gasteiger partial charge in [-0.15, -0.1) is 0 Å². The summed E-state index contributed by atoms with van der Waals surface area (Å²) in [6.07, 6.45) is 1.49. The molecule has 0 bridgehead atoms. The first kappa shape index (κ1) is 22.5. The first-order valence-electron chi connectivity index (χ1n) is 10.3. The van der Waals surface area contributed by atoms with Gasteiger partial charge < -0.3 is 9.84 Å². The van der Waals surface area contributed by atoms with Crippen LogP contribution in [0.1, 0.15) is 39.6 Å². The van der Waals surface area contributed by atoms with Crippen molar-refractivity contribution in [1.29, 1.82) is 0 Å². The first-order valence-corrected chi connectivity index (χ1v) is 10.3. The van der Waals surface area contributed by atoms with Crippen molar-refractivity contribution in [1.82, 2.24) is 9.38 Å². The average molecular weight is 454 g/mol. The highest BCUT2D eigenvalue weighted by Gasteiger charge is 2.24. The van der Waals surface area contributed by atoms with Crippen molar-refractivity contribution in [3.63, 3.8) is 0 Å². The van der Waals surface area contributed by atoms with Gasteiger partial charge in [0.05, 0.1) is 17.9 Å². The molecular formula is C25H21F3N2O3. The maximum atomic E-state index is 14.2. The van der Waals surface area contributed by atoms with Crippen molar-refractivity contribution >= 4 is 11.4 Å². The Balaban J connectivity index is 1.62. The Bertz CT molecular complexity index is 1300. The van der Waals surface area contributed by atoms with Gasteiger partial charge in [0.25, 0.3) is 0 Å². The van der Waals surface area contributed by atoms with Gasteiger partial charge in [-0.1, -0.05) is 24.3 Å². The fourth-order valence-electron chi connectivity index (χ4n) is 3.82. The summed E-state index contributed by atoms with van der Waals surface area (Å²) >= 11 is 0. The van der Waals surface area contributed by atoms with E-state index in [-0.39, 0.29) is 41.4 Å². The van der Waals surface area contributed by atoms with Crippen molar-refractivity contribution in [2.24, 2.45) is 0 Å². The van der Waals surface area contributed by atoms with E-state index < -0.39 is 30.0 Å². The van der Waals surface area contributed by atoms with Gasteiger partial charge in [0, 0.05) is 18.5 Å². The maximum Gasteiger partial charge on any atom is 0.182 e. The van der Waals surface area contributed by atoms with Crippen LogP contribution in [0, 0.1) is 24.4 Å². The fourth-order valence-corrected chi connectivity index (χ4v) is 3.82. The van der Waals surface area contributed by atoms with Gasteiger partial charge >= 0.3 is 0 Å². The number of ether oxygens (including phenoxy) is 1. The number of carbonyl (C=O) groups excluding carboxylic acids is 1. The third-order valence-corrected chi connectivity index (χ3v) is 5.48. The van der Waals surface area contributed by atoms with Crippen LogP contribution >= 0.6 is 0 Å². The smallest absolute Gasteiger partial charge is 0.182 e. The van der Waals surface area contributed by atoms with E-state index in [2.05, 4.69) is 4.98 Å². The van der Waals surface area contributed by atoms with E-state index in [1.165, 1.54) is 16.5 Å². The molecule has 170 valence electrons. The second-order valence-electron chi connectivity index (χ2n) is 7.63. The normalized spacial score (nSPS) is 12.2. The average Bonchev–Trinajstić information content (AvgIpc) is 3.14. The highest BCUT2D eigenvalue weighted by Crippen LogP contribution is 2.28. The number of benzene rings is 2. The number of ketones is 1. The Morgan fingerprint density at radius 3 is 2.42 bits per heavy atom. The Morgan fingerprint density at radius 2 is 1.73 bits per heavy atom. The Kier molecular flexibility index (Phi) is 6.46. The summed E-state index contributed by atoms with van der Waals surface area (Å²) in [5.74, 6) is -2.74. The molecular weight excluding hydrogens is 433 g/mol. The molecule has 0 saturated carbocycles. The molecule has 0 fully saturated rings. The minimum Gasteiger partial charge on any atom is -0.485 e. The summed E-state index contributed by atoms with van der Waals surface area (Å²) in [7, 11) is 0. The number of Topliss-reactive ketones (excluding diaryl/α,β-unsaturated/α-hetero) is 1. The Hall–Kier alpha value is -3.65. The van der Waals surface area contributed by atoms with Gasteiger partial charge in [-0.25, -0.2) is 18.2 Å². The molecule has 0 unspecified atom stereocenters. The van der Waals surface area contributed by atoms with Gasteiger partial charge in [0.1, 0.15) is 29.8 Å². The van der Waals surface area contributed by atoms with Crippen molar-refractivity contribution < 1.29 is 27.8 Å². The number of aromatic nitrogens is 2. The molecule has 33 heavy (non-hydrogen) atoms. The highest BCUT2D eigenvalue weighted by atomic mass is 19.1. The van der Waals surface area contributed by atoms with E-state index in [1.807, 2.05) is 0 Å². The zero-order valence-corrected chi connectivity index (χ0v) is 17.8. The number of aliphatic hydroxyl groups excluding tert-OH is 1. The molecule has 0 radical (unpaired) electrons. The molecule has 1 atom stereocenters. The van der Waals surface area contributed by atoms with E-state index in [0.717, 1.165) is 12.1 Å². The van der Waals surface area contributed by atoms with Crippen LogP contribution in [-0.2, 0) is 6.61 Å². The van der Waals surface area contributed by atoms with Crippen LogP contribution in [0.15, 0.2) is 60.8 Å². The Labute approximate surface area is 188 Å². The van der Waals surface area contributed by atoms with Crippen LogP contribution < -0.4 is 4.74 Å². The number of aryl methyl sites for hydroxylation is 1. The van der Waals surface area contributed by atoms with E-state index >= 15 is 0 Å². The zero-order valence-electron chi connectivity index (χ0n) is 17.8. The molecule has 0 spiro atoms. The molecule has 0 aliphatic carbocycles. The molecule has 2 heterocycles. The second kappa shape index (κ2) is 9.46. The largest absolute Gasteiger partial charge is 0.485 e. The van der Waals surface area contributed by atoms with Crippen LogP contribution in [0.4, 0.5) is 13.2 Å². The first-order chi connectivity index (χ1) is 15.9. The predicted molar refractivity (Wildman–Crippen MR) is 116 cm³/mol. The number of hydrogen-bond acceptors (Lipinski definition) is 4. The van der Waals surface area contributed by atoms with Crippen LogP contribution in [0.25, 0.3) is 5.65 Å². The number of carbonyl (C=O) groups is 1. The van der Waals surface area contributed by atoms with Crippen LogP contribution in [0.2, 0.25) is 0 Å². The number of imidazole rings is 1. The molecule has 4 aromatic rings. The van der Waals surface area contributed by atoms with E-state index in [9.17, 15) is 23.1 Å². The van der Waals surface area contributed by atoms with Crippen molar-refractivity contribution in [2.75, 3.05) is 6.61 Å². The molecule has 0 saturated heterocycles. The summed E-state index contributed by atoms with van der Waals surface area (Å²) in [6, 6.07) is 12.8. The van der Waals surface area contributed by atoms with Gasteiger partial charge in [-0.2, -0.15) is 0 Å². The lowest BCUT2D eigenvalue weighted by molar-refractivity contribution is 0.0953. The standard InChI is InChI=1S/C25H21F3N2O3/c1-15-24(22(32)12-16(13-31)17-6-2-3-7-19(17)26)30-11-5-10-23(25(30)29-15)33-14-18-20(27)8-4-9-21(18)28/h2-11,16,31H,12-14H2,1H3/t16-/m0/s1. The number of nitrogens with zero attached hydrogens (tertiary/aromatic N) is 2. The van der Waals surface area contributed by atoms with E-state index in [0.29, 0.717) is 11.3 Å². The highest BCUT2D eigenvalue weighted by molar-refractivity contribution is 5.97. The van der Waals surface area contributed by atoms with Crippen LogP contribution in [-0.4, -0.2) is 26.9 Å². The van der Waals surface area contributed by atoms with Crippen LogP contribution in [0.3, 0.4) is 0 Å². The van der Waals surface area contributed by atoms with E-state index in [4.69, 9.17) is 4.74 Å². The number of pyridine rings is 1. The molecule has 2 aromatic heterocycles. The summed E-state index contributed by atoms with van der Waals surface area (Å²) in [5.41, 5.74) is 1.03. The zero-order chi connectivity index (χ0) is 23.5. The van der Waals surface area contributed by atoms with Gasteiger partial charge in [0.2, 0.25) is 0 Å². The Morgan fingerprint density at radius 1 is 1.03 bits per heavy atom. The molecule has 0 aliphatic heterocycles. The SMILES string of the molecule is Cc1nc2c(OCc3c(F)cccc3F)cccn2c1C(=O)C[C@@H](CO)c1ccccc1F. The number of fused-ring (bicyclic) bond motifs is 1. The van der Waals surface area contributed by atoms with Crippen LogP contribution in [0.5, 0.6) is 5.75 Å². The quantitative estimate of drug-likeness (QED) is 0.381. The van der Waals surface area contributed by atoms with Gasteiger partial charge in [-0.05, 0) is 42.8 Å². The minimum absolute atomic E-state index is 0.127. The molecule has 2 aromatic carbocycles. The molecule has 1 N–H and O–H groups in total. The molecule has 0 aliphatic rings. The van der Waals surface area contributed by atoms with Gasteiger partial charge in [-0.3, -0.25) is 9.20 Å². The number of halogens is 3. The molecule has 0 amide bonds. The predicted octanol–water partition coefficient (Wildman–Crippen LogP) is 4.99. The lowest BCUT2D eigenvalue weighted by atomic mass is 9.93. The van der Waals surface area contributed by atoms with Crippen molar-refractivity contribution in [2.45, 2.75) is 25.9 Å². The molecule has 4 rings (SSSR count). The summed E-state index contributed by atoms with van der Waals surface area (Å²) in [4.78, 5) is 17.5. The summed E-state index contributed by atoms with van der Waals surface area (Å²) in [6.45, 7) is 0.899. The maximum absolute atomic E-state index is 14.2. The second-order valence-corrected chi connectivity index (χ2v) is 7.63. The monoisotopic (exact) mass is 454 g/mol. The van der Waals surface area contributed by atoms with Gasteiger partial charge in [0.15, 0.2) is 17.2 Å². The topological polar surface area (TPSA) is 63.8 Å². The van der Waals surface area contributed by atoms with E-state index in [1.54, 1.807) is 43.5 Å². The number of rotatable bonds is 8. The number of hydrogen-bond donors (Lipinski definition) is 1. The third kappa shape index (κ3) is 4.47. The molecule has 5 nitrogen and oxygen atoms in total. The molecule has 8 heteroatoms. The number of aliphatic hydroxyl groups is 1. The van der Waals surface area contributed by atoms with Crippen molar-refractivity contribution in [3.05, 3.63) is 101 Å². The van der Waals surface area contributed by atoms with Crippen molar-refractivity contribution in [3.8, 4) is 5.75 Å².